The summed E-state index contributed by atoms with van der Waals surface area (Å²) in [5.41, 5.74) is 5.10. The fourth-order valence-corrected chi connectivity index (χ4v) is 1.98. The van der Waals surface area contributed by atoms with Crippen LogP contribution < -0.4 is 5.73 Å². The van der Waals surface area contributed by atoms with Gasteiger partial charge in [0.1, 0.15) is 6.54 Å². The summed E-state index contributed by atoms with van der Waals surface area (Å²) in [6.45, 7) is 3.79. The number of amides is 1. The Labute approximate surface area is 94.9 Å². The predicted octanol–water partition coefficient (Wildman–Crippen LogP) is 0.215. The molecule has 5 heteroatoms. The van der Waals surface area contributed by atoms with Gasteiger partial charge in [-0.15, -0.1) is 6.58 Å². The van der Waals surface area contributed by atoms with E-state index in [0.717, 1.165) is 19.3 Å². The zero-order valence-corrected chi connectivity index (χ0v) is 9.32. The van der Waals surface area contributed by atoms with Crippen molar-refractivity contribution in [1.29, 1.82) is 0 Å². The highest BCUT2D eigenvalue weighted by molar-refractivity contribution is 5.87. The van der Waals surface area contributed by atoms with E-state index in [1.54, 1.807) is 0 Å². The SMILES string of the molecule is C=CCN(CC(=O)O)C(=O)C1(CN)CCC1. The van der Waals surface area contributed by atoms with Crippen molar-refractivity contribution in [1.82, 2.24) is 4.90 Å². The number of hydrogen-bond acceptors (Lipinski definition) is 3. The molecular formula is C11H18N2O3. The first-order valence-electron chi connectivity index (χ1n) is 5.38. The second-order valence-electron chi connectivity index (χ2n) is 4.21. The van der Waals surface area contributed by atoms with Crippen LogP contribution in [0.4, 0.5) is 0 Å². The van der Waals surface area contributed by atoms with Crippen LogP contribution >= 0.6 is 0 Å². The molecule has 0 heterocycles. The van der Waals surface area contributed by atoms with Crippen molar-refractivity contribution in [3.63, 3.8) is 0 Å². The number of aliphatic carboxylic acids is 1. The van der Waals surface area contributed by atoms with Crippen LogP contribution in [0.3, 0.4) is 0 Å². The molecule has 0 radical (unpaired) electrons. The van der Waals surface area contributed by atoms with Crippen LogP contribution in [0.2, 0.25) is 0 Å². The molecule has 0 unspecified atom stereocenters. The maximum absolute atomic E-state index is 12.1. The summed E-state index contributed by atoms with van der Waals surface area (Å²) in [6.07, 6.45) is 4.03. The number of hydrogen-bond donors (Lipinski definition) is 2. The lowest BCUT2D eigenvalue weighted by molar-refractivity contribution is -0.152. The first kappa shape index (κ1) is 12.7. The highest BCUT2D eigenvalue weighted by Crippen LogP contribution is 2.41. The van der Waals surface area contributed by atoms with E-state index in [1.807, 2.05) is 0 Å². The van der Waals surface area contributed by atoms with Gasteiger partial charge in [-0.3, -0.25) is 9.59 Å². The maximum Gasteiger partial charge on any atom is 0.323 e. The molecule has 0 aromatic heterocycles. The second kappa shape index (κ2) is 5.12. The van der Waals surface area contributed by atoms with Gasteiger partial charge >= 0.3 is 5.97 Å². The number of rotatable bonds is 6. The summed E-state index contributed by atoms with van der Waals surface area (Å²) in [4.78, 5) is 24.1. The fraction of sp³-hybridized carbons (Fsp3) is 0.636. The lowest BCUT2D eigenvalue weighted by Crippen LogP contribution is -2.53. The average molecular weight is 226 g/mol. The van der Waals surface area contributed by atoms with E-state index in [2.05, 4.69) is 6.58 Å². The monoisotopic (exact) mass is 226 g/mol. The number of nitrogens with two attached hydrogens (primary N) is 1. The number of carboxylic acid groups (broad SMARTS) is 1. The molecule has 1 amide bonds. The number of nitrogens with zero attached hydrogens (tertiary/aromatic N) is 1. The summed E-state index contributed by atoms with van der Waals surface area (Å²) in [6, 6.07) is 0. The van der Waals surface area contributed by atoms with E-state index in [1.165, 1.54) is 11.0 Å². The molecule has 0 saturated heterocycles. The van der Waals surface area contributed by atoms with E-state index in [4.69, 9.17) is 10.8 Å². The van der Waals surface area contributed by atoms with Crippen LogP contribution in [0.5, 0.6) is 0 Å². The molecule has 90 valence electrons. The number of carboxylic acids is 1. The van der Waals surface area contributed by atoms with Crippen molar-refractivity contribution >= 4 is 11.9 Å². The molecule has 1 fully saturated rings. The van der Waals surface area contributed by atoms with Gasteiger partial charge in [-0.2, -0.15) is 0 Å². The molecule has 1 saturated carbocycles. The molecule has 1 aliphatic carbocycles. The lowest BCUT2D eigenvalue weighted by atomic mass is 9.68. The van der Waals surface area contributed by atoms with Crippen LogP contribution in [-0.4, -0.2) is 41.5 Å². The third kappa shape index (κ3) is 2.41. The molecule has 0 aliphatic heterocycles. The summed E-state index contributed by atoms with van der Waals surface area (Å²) >= 11 is 0. The summed E-state index contributed by atoms with van der Waals surface area (Å²) in [7, 11) is 0. The lowest BCUT2D eigenvalue weighted by Gasteiger charge is -2.42. The van der Waals surface area contributed by atoms with Gasteiger partial charge in [-0.05, 0) is 12.8 Å². The summed E-state index contributed by atoms with van der Waals surface area (Å²) in [5, 5.41) is 8.73. The van der Waals surface area contributed by atoms with Crippen LogP contribution in [0, 0.1) is 5.41 Å². The minimum atomic E-state index is -1.01. The van der Waals surface area contributed by atoms with Crippen molar-refractivity contribution in [2.75, 3.05) is 19.6 Å². The van der Waals surface area contributed by atoms with Crippen LogP contribution in [0.15, 0.2) is 12.7 Å². The van der Waals surface area contributed by atoms with Gasteiger partial charge in [0.2, 0.25) is 5.91 Å². The fourth-order valence-electron chi connectivity index (χ4n) is 1.98. The molecule has 0 bridgehead atoms. The molecule has 0 aromatic rings. The van der Waals surface area contributed by atoms with Crippen molar-refractivity contribution in [3.05, 3.63) is 12.7 Å². The Hall–Kier alpha value is -1.36. The van der Waals surface area contributed by atoms with E-state index >= 15 is 0 Å². The van der Waals surface area contributed by atoms with Crippen molar-refractivity contribution in [3.8, 4) is 0 Å². The van der Waals surface area contributed by atoms with E-state index < -0.39 is 11.4 Å². The smallest absolute Gasteiger partial charge is 0.323 e. The zero-order chi connectivity index (χ0) is 12.2. The second-order valence-corrected chi connectivity index (χ2v) is 4.21. The Morgan fingerprint density at radius 2 is 2.12 bits per heavy atom. The van der Waals surface area contributed by atoms with Gasteiger partial charge in [-0.25, -0.2) is 0 Å². The van der Waals surface area contributed by atoms with Gasteiger partial charge in [0.15, 0.2) is 0 Å². The summed E-state index contributed by atoms with van der Waals surface area (Å²) < 4.78 is 0. The maximum atomic E-state index is 12.1. The first-order valence-corrected chi connectivity index (χ1v) is 5.38. The van der Waals surface area contributed by atoms with Gasteiger partial charge in [0, 0.05) is 13.1 Å². The molecule has 16 heavy (non-hydrogen) atoms. The third-order valence-corrected chi connectivity index (χ3v) is 3.12. The Morgan fingerprint density at radius 1 is 1.50 bits per heavy atom. The van der Waals surface area contributed by atoms with Gasteiger partial charge in [0.25, 0.3) is 0 Å². The van der Waals surface area contributed by atoms with Crippen LogP contribution in [0.1, 0.15) is 19.3 Å². The molecule has 1 aliphatic rings. The number of carbonyl (C=O) groups excluding carboxylic acids is 1. The molecule has 0 spiro atoms. The zero-order valence-electron chi connectivity index (χ0n) is 9.32. The minimum absolute atomic E-state index is 0.149. The van der Waals surface area contributed by atoms with Crippen molar-refractivity contribution < 1.29 is 14.7 Å². The predicted molar refractivity (Wildman–Crippen MR) is 59.8 cm³/mol. The van der Waals surface area contributed by atoms with Crippen LogP contribution in [0.25, 0.3) is 0 Å². The molecule has 0 atom stereocenters. The van der Waals surface area contributed by atoms with E-state index in [9.17, 15) is 9.59 Å². The van der Waals surface area contributed by atoms with Crippen LogP contribution in [-0.2, 0) is 9.59 Å². The van der Waals surface area contributed by atoms with E-state index in [-0.39, 0.29) is 19.0 Å². The molecule has 5 nitrogen and oxygen atoms in total. The van der Waals surface area contributed by atoms with Gasteiger partial charge in [-0.1, -0.05) is 12.5 Å². The summed E-state index contributed by atoms with van der Waals surface area (Å²) in [5.74, 6) is -1.16. The molecular weight excluding hydrogens is 208 g/mol. The van der Waals surface area contributed by atoms with Gasteiger partial charge in [0.05, 0.1) is 5.41 Å². The van der Waals surface area contributed by atoms with E-state index in [0.29, 0.717) is 6.54 Å². The Morgan fingerprint density at radius 3 is 2.44 bits per heavy atom. The highest BCUT2D eigenvalue weighted by Gasteiger charge is 2.45. The standard InChI is InChI=1S/C11H18N2O3/c1-2-6-13(7-9(14)15)10(16)11(8-12)4-3-5-11/h2H,1,3-8,12H2,(H,14,15). The van der Waals surface area contributed by atoms with Gasteiger partial charge < -0.3 is 15.7 Å². The molecule has 0 aromatic carbocycles. The molecule has 1 rings (SSSR count). The average Bonchev–Trinajstić information content (AvgIpc) is 2.15. The Balaban J connectivity index is 2.72. The third-order valence-electron chi connectivity index (χ3n) is 3.12. The Bertz CT molecular complexity index is 292. The normalized spacial score (nSPS) is 17.3. The topological polar surface area (TPSA) is 83.6 Å². The highest BCUT2D eigenvalue weighted by atomic mass is 16.4. The quantitative estimate of drug-likeness (QED) is 0.634. The van der Waals surface area contributed by atoms with Crippen molar-refractivity contribution in [2.24, 2.45) is 11.1 Å². The van der Waals surface area contributed by atoms with Crippen molar-refractivity contribution in [2.45, 2.75) is 19.3 Å². The Kier molecular flexibility index (Phi) is 4.06. The minimum Gasteiger partial charge on any atom is -0.480 e. The first-order chi connectivity index (χ1) is 7.55. The molecule has 3 N–H and O–H groups in total. The number of carbonyl (C=O) groups is 2. The largest absolute Gasteiger partial charge is 0.480 e.